The third-order valence-electron chi connectivity index (χ3n) is 3.91. The molecule has 0 heterocycles. The Morgan fingerprint density at radius 3 is 3.07 bits per heavy atom. The Labute approximate surface area is 84.3 Å². The number of carbonyl (C=O) groups is 1. The molecule has 0 unspecified atom stereocenters. The predicted molar refractivity (Wildman–Crippen MR) is 52.3 cm³/mol. The highest BCUT2D eigenvalue weighted by atomic mass is 16.5. The van der Waals surface area contributed by atoms with Crippen LogP contribution in [0.3, 0.4) is 0 Å². The quantitative estimate of drug-likeness (QED) is 0.597. The van der Waals surface area contributed by atoms with E-state index in [0.717, 1.165) is 17.6 Å². The van der Waals surface area contributed by atoms with Crippen molar-refractivity contribution in [3.8, 4) is 0 Å². The molecule has 0 aromatic rings. The highest BCUT2D eigenvalue weighted by Gasteiger charge is 2.49. The average molecular weight is 192 g/mol. The molecule has 0 aromatic heterocycles. The average Bonchev–Trinajstić information content (AvgIpc) is 2.72. The first-order valence-electron chi connectivity index (χ1n) is 5.67. The SMILES string of the molecule is CC(=O)OC1=C2CCC[C@@H]2C[C@@H]2C[C@H]12. The molecule has 2 saturated carbocycles. The van der Waals surface area contributed by atoms with Gasteiger partial charge in [-0.1, -0.05) is 0 Å². The fraction of sp³-hybridized carbons (Fsp3) is 0.750. The lowest BCUT2D eigenvalue weighted by atomic mass is 9.89. The second-order valence-electron chi connectivity index (χ2n) is 4.91. The minimum atomic E-state index is -0.134. The lowest BCUT2D eigenvalue weighted by Gasteiger charge is -2.21. The molecule has 14 heavy (non-hydrogen) atoms. The van der Waals surface area contributed by atoms with E-state index in [0.29, 0.717) is 5.92 Å². The van der Waals surface area contributed by atoms with Crippen LogP contribution in [-0.4, -0.2) is 5.97 Å². The molecule has 2 heteroatoms. The van der Waals surface area contributed by atoms with Crippen molar-refractivity contribution in [2.24, 2.45) is 17.8 Å². The summed E-state index contributed by atoms with van der Waals surface area (Å²) in [4.78, 5) is 11.0. The zero-order valence-electron chi connectivity index (χ0n) is 8.58. The Morgan fingerprint density at radius 2 is 2.29 bits per heavy atom. The third kappa shape index (κ3) is 1.20. The molecule has 3 atom stereocenters. The van der Waals surface area contributed by atoms with Crippen LogP contribution in [0.1, 0.15) is 39.0 Å². The summed E-state index contributed by atoms with van der Waals surface area (Å²) in [5.41, 5.74) is 1.49. The van der Waals surface area contributed by atoms with Crippen LogP contribution in [0, 0.1) is 17.8 Å². The molecule has 0 radical (unpaired) electrons. The number of hydrogen-bond acceptors (Lipinski definition) is 2. The zero-order chi connectivity index (χ0) is 9.71. The van der Waals surface area contributed by atoms with Crippen molar-refractivity contribution in [2.75, 3.05) is 0 Å². The number of ether oxygens (including phenoxy) is 1. The Hall–Kier alpha value is -0.790. The van der Waals surface area contributed by atoms with Crippen LogP contribution in [0.5, 0.6) is 0 Å². The van der Waals surface area contributed by atoms with E-state index in [-0.39, 0.29) is 5.97 Å². The van der Waals surface area contributed by atoms with Crippen LogP contribution < -0.4 is 0 Å². The van der Waals surface area contributed by atoms with Crippen LogP contribution in [0.25, 0.3) is 0 Å². The number of esters is 1. The highest BCUT2D eigenvalue weighted by Crippen LogP contribution is 2.58. The van der Waals surface area contributed by atoms with Gasteiger partial charge in [-0.05, 0) is 49.5 Å². The van der Waals surface area contributed by atoms with Gasteiger partial charge in [0.25, 0.3) is 0 Å². The maximum absolute atomic E-state index is 11.0. The molecule has 2 fully saturated rings. The van der Waals surface area contributed by atoms with Crippen molar-refractivity contribution < 1.29 is 9.53 Å². The van der Waals surface area contributed by atoms with Gasteiger partial charge < -0.3 is 4.74 Å². The highest BCUT2D eigenvalue weighted by molar-refractivity contribution is 5.67. The second-order valence-corrected chi connectivity index (χ2v) is 4.91. The van der Waals surface area contributed by atoms with Crippen molar-refractivity contribution in [2.45, 2.75) is 39.0 Å². The van der Waals surface area contributed by atoms with Gasteiger partial charge in [-0.3, -0.25) is 4.79 Å². The van der Waals surface area contributed by atoms with Gasteiger partial charge in [0.2, 0.25) is 0 Å². The maximum Gasteiger partial charge on any atom is 0.307 e. The van der Waals surface area contributed by atoms with Gasteiger partial charge in [0.1, 0.15) is 5.76 Å². The summed E-state index contributed by atoms with van der Waals surface area (Å²) >= 11 is 0. The minimum Gasteiger partial charge on any atom is -0.431 e. The first kappa shape index (κ1) is 8.51. The summed E-state index contributed by atoms with van der Waals surface area (Å²) in [6.45, 7) is 1.52. The lowest BCUT2D eigenvalue weighted by molar-refractivity contribution is -0.137. The van der Waals surface area contributed by atoms with Crippen molar-refractivity contribution in [3.63, 3.8) is 0 Å². The molecular weight excluding hydrogens is 176 g/mol. The molecule has 0 N–H and O–H groups in total. The summed E-state index contributed by atoms with van der Waals surface area (Å²) in [6, 6.07) is 0. The Balaban J connectivity index is 1.92. The van der Waals surface area contributed by atoms with Gasteiger partial charge in [-0.2, -0.15) is 0 Å². The summed E-state index contributed by atoms with van der Waals surface area (Å²) in [5, 5.41) is 0. The molecular formula is C12H16O2. The third-order valence-corrected chi connectivity index (χ3v) is 3.91. The molecule has 2 nitrogen and oxygen atoms in total. The van der Waals surface area contributed by atoms with Crippen molar-refractivity contribution in [3.05, 3.63) is 11.3 Å². The fourth-order valence-corrected chi connectivity index (χ4v) is 3.23. The molecule has 0 amide bonds. The number of hydrogen-bond donors (Lipinski definition) is 0. The first-order chi connectivity index (χ1) is 6.75. The van der Waals surface area contributed by atoms with E-state index in [1.165, 1.54) is 44.6 Å². The van der Waals surface area contributed by atoms with Gasteiger partial charge in [-0.25, -0.2) is 0 Å². The topological polar surface area (TPSA) is 26.3 Å². The molecule has 3 aliphatic rings. The normalized spacial score (nSPS) is 39.1. The van der Waals surface area contributed by atoms with E-state index >= 15 is 0 Å². The first-order valence-corrected chi connectivity index (χ1v) is 5.67. The molecule has 3 aliphatic carbocycles. The van der Waals surface area contributed by atoms with Crippen LogP contribution in [0.4, 0.5) is 0 Å². The van der Waals surface area contributed by atoms with Gasteiger partial charge >= 0.3 is 5.97 Å². The number of rotatable bonds is 1. The Morgan fingerprint density at radius 1 is 1.43 bits per heavy atom. The molecule has 3 rings (SSSR count). The van der Waals surface area contributed by atoms with Crippen LogP contribution in [0.15, 0.2) is 11.3 Å². The second kappa shape index (κ2) is 2.85. The van der Waals surface area contributed by atoms with Gasteiger partial charge in [0.15, 0.2) is 0 Å². The van der Waals surface area contributed by atoms with E-state index in [9.17, 15) is 4.79 Å². The molecule has 0 spiro atoms. The van der Waals surface area contributed by atoms with Crippen molar-refractivity contribution in [1.82, 2.24) is 0 Å². The van der Waals surface area contributed by atoms with Crippen molar-refractivity contribution >= 4 is 5.97 Å². The summed E-state index contributed by atoms with van der Waals surface area (Å²) < 4.78 is 5.40. The largest absolute Gasteiger partial charge is 0.431 e. The van der Waals surface area contributed by atoms with Crippen LogP contribution in [-0.2, 0) is 9.53 Å². The van der Waals surface area contributed by atoms with E-state index in [1.54, 1.807) is 0 Å². The van der Waals surface area contributed by atoms with Crippen LogP contribution in [0.2, 0.25) is 0 Å². The Bertz CT molecular complexity index is 316. The number of carbonyl (C=O) groups excluding carboxylic acids is 1. The molecule has 0 aromatic carbocycles. The van der Waals surface area contributed by atoms with E-state index < -0.39 is 0 Å². The number of allylic oxidation sites excluding steroid dienone is 2. The van der Waals surface area contributed by atoms with Gasteiger partial charge in [0.05, 0.1) is 0 Å². The summed E-state index contributed by atoms with van der Waals surface area (Å²) in [7, 11) is 0. The molecule has 0 bridgehead atoms. The van der Waals surface area contributed by atoms with Gasteiger partial charge in [0, 0.05) is 12.8 Å². The molecule has 0 aliphatic heterocycles. The predicted octanol–water partition coefficient (Wildman–Crippen LogP) is 2.64. The van der Waals surface area contributed by atoms with E-state index in [1.807, 2.05) is 0 Å². The van der Waals surface area contributed by atoms with Crippen LogP contribution >= 0.6 is 0 Å². The standard InChI is InChI=1S/C12H16O2/c1-7(13)14-12-10-4-2-3-8(10)5-9-6-11(9)12/h8-9,11H,2-6H2,1H3/t8-,9-,11+/m1/s1. The van der Waals surface area contributed by atoms with Gasteiger partial charge in [-0.15, -0.1) is 0 Å². The fourth-order valence-electron chi connectivity index (χ4n) is 3.23. The maximum atomic E-state index is 11.0. The smallest absolute Gasteiger partial charge is 0.307 e. The van der Waals surface area contributed by atoms with Crippen molar-refractivity contribution in [1.29, 1.82) is 0 Å². The van der Waals surface area contributed by atoms with E-state index in [4.69, 9.17) is 4.74 Å². The monoisotopic (exact) mass is 192 g/mol. The number of fused-ring (bicyclic) bond motifs is 2. The Kier molecular flexibility index (Phi) is 1.73. The van der Waals surface area contributed by atoms with E-state index in [2.05, 4.69) is 0 Å². The summed E-state index contributed by atoms with van der Waals surface area (Å²) in [5.74, 6) is 3.16. The minimum absolute atomic E-state index is 0.134. The lowest BCUT2D eigenvalue weighted by Crippen LogP contribution is -2.13. The summed E-state index contributed by atoms with van der Waals surface area (Å²) in [6.07, 6.45) is 6.43. The molecule has 76 valence electrons. The zero-order valence-corrected chi connectivity index (χ0v) is 8.58. The molecule has 0 saturated heterocycles.